The number of carbonyl (C=O) groups is 1. The maximum absolute atomic E-state index is 10.8. The summed E-state index contributed by atoms with van der Waals surface area (Å²) in [6.45, 7) is 0. The lowest BCUT2D eigenvalue weighted by molar-refractivity contribution is -0.117. The van der Waals surface area contributed by atoms with Crippen molar-refractivity contribution < 1.29 is 4.79 Å². The summed E-state index contributed by atoms with van der Waals surface area (Å²) in [7, 11) is 0. The zero-order valence-corrected chi connectivity index (χ0v) is 8.23. The van der Waals surface area contributed by atoms with Gasteiger partial charge in [0, 0.05) is 11.9 Å². The lowest BCUT2D eigenvalue weighted by atomic mass is 10.2. The Hall–Kier alpha value is -2.03. The van der Waals surface area contributed by atoms with E-state index in [0.29, 0.717) is 0 Å². The summed E-state index contributed by atoms with van der Waals surface area (Å²) < 4.78 is 0. The van der Waals surface area contributed by atoms with Crippen LogP contribution in [0.5, 0.6) is 0 Å². The molecule has 1 aliphatic heterocycles. The molecule has 3 nitrogen and oxygen atoms in total. The first kappa shape index (κ1) is 9.52. The second kappa shape index (κ2) is 4.00. The zero-order chi connectivity index (χ0) is 10.7. The van der Waals surface area contributed by atoms with E-state index in [0.717, 1.165) is 16.1 Å². The van der Waals surface area contributed by atoms with Crippen molar-refractivity contribution >= 4 is 18.2 Å². The summed E-state index contributed by atoms with van der Waals surface area (Å²) >= 11 is 0. The zero-order valence-electron chi connectivity index (χ0n) is 8.23. The Labute approximate surface area is 87.6 Å². The van der Waals surface area contributed by atoms with E-state index in [2.05, 4.69) is 5.32 Å². The van der Waals surface area contributed by atoms with E-state index < -0.39 is 0 Å². The highest BCUT2D eigenvalue weighted by Gasteiger charge is 2.00. The van der Waals surface area contributed by atoms with E-state index in [1.807, 2.05) is 42.6 Å². The van der Waals surface area contributed by atoms with E-state index in [4.69, 9.17) is 5.73 Å². The minimum atomic E-state index is -0.332. The second-order valence-corrected chi connectivity index (χ2v) is 3.42. The Morgan fingerprint density at radius 3 is 2.67 bits per heavy atom. The first-order valence-electron chi connectivity index (χ1n) is 4.77. The molecule has 1 heterocycles. The van der Waals surface area contributed by atoms with Gasteiger partial charge in [0.2, 0.25) is 5.91 Å². The summed E-state index contributed by atoms with van der Waals surface area (Å²) in [5.41, 5.74) is 5.95. The molecule has 0 unspecified atom stereocenters. The highest BCUT2D eigenvalue weighted by molar-refractivity contribution is 5.77. The number of benzene rings is 1. The standard InChI is InChI=1S/C12H12N2O/c13-12(15)7-11-6-5-9-3-1-2-4-10(9)8-14-11/h1-6,8,14H,7H2,(H2,13,15). The van der Waals surface area contributed by atoms with Gasteiger partial charge in [0.25, 0.3) is 0 Å². The van der Waals surface area contributed by atoms with Gasteiger partial charge in [-0.05, 0) is 16.5 Å². The van der Waals surface area contributed by atoms with Crippen LogP contribution >= 0.6 is 0 Å². The number of nitrogens with one attached hydrogen (secondary N) is 1. The van der Waals surface area contributed by atoms with Crippen molar-refractivity contribution in [3.63, 3.8) is 0 Å². The molecule has 0 saturated heterocycles. The Morgan fingerprint density at radius 2 is 1.93 bits per heavy atom. The average Bonchev–Trinajstić information content (AvgIpc) is 2.41. The molecule has 1 aromatic carbocycles. The third-order valence-electron chi connectivity index (χ3n) is 2.24. The van der Waals surface area contributed by atoms with Gasteiger partial charge in [0.05, 0.1) is 6.42 Å². The van der Waals surface area contributed by atoms with E-state index >= 15 is 0 Å². The molecular weight excluding hydrogens is 188 g/mol. The molecular formula is C12H12N2O. The summed E-state index contributed by atoms with van der Waals surface area (Å²) in [5, 5.41) is 5.31. The number of amides is 1. The van der Waals surface area contributed by atoms with Gasteiger partial charge >= 0.3 is 0 Å². The first-order valence-corrected chi connectivity index (χ1v) is 4.77. The number of carbonyl (C=O) groups excluding carboxylic acids is 1. The molecule has 76 valence electrons. The third kappa shape index (κ3) is 2.26. The number of hydrogen-bond donors (Lipinski definition) is 2. The molecule has 1 aromatic rings. The predicted octanol–water partition coefficient (Wildman–Crippen LogP) is -0.432. The number of rotatable bonds is 2. The number of nitrogens with two attached hydrogens (primary N) is 1. The summed E-state index contributed by atoms with van der Waals surface area (Å²) in [6.07, 6.45) is 5.98. The molecule has 3 heteroatoms. The molecule has 15 heavy (non-hydrogen) atoms. The molecule has 0 fully saturated rings. The second-order valence-electron chi connectivity index (χ2n) is 3.42. The van der Waals surface area contributed by atoms with Crippen LogP contribution in [0, 0.1) is 0 Å². The largest absolute Gasteiger partial charge is 0.369 e. The smallest absolute Gasteiger partial charge is 0.223 e. The molecule has 3 N–H and O–H groups in total. The van der Waals surface area contributed by atoms with Crippen LogP contribution in [0.25, 0.3) is 12.3 Å². The predicted molar refractivity (Wildman–Crippen MR) is 59.7 cm³/mol. The Balaban J connectivity index is 2.38. The molecule has 0 atom stereocenters. The topological polar surface area (TPSA) is 55.1 Å². The van der Waals surface area contributed by atoms with Gasteiger partial charge in [0.15, 0.2) is 0 Å². The van der Waals surface area contributed by atoms with Gasteiger partial charge in [-0.25, -0.2) is 0 Å². The van der Waals surface area contributed by atoms with Crippen LogP contribution in [0.3, 0.4) is 0 Å². The highest BCUT2D eigenvalue weighted by Crippen LogP contribution is 1.97. The van der Waals surface area contributed by atoms with E-state index in [9.17, 15) is 4.79 Å². The van der Waals surface area contributed by atoms with Crippen molar-refractivity contribution in [1.82, 2.24) is 5.32 Å². The van der Waals surface area contributed by atoms with Crippen molar-refractivity contribution in [1.29, 1.82) is 0 Å². The van der Waals surface area contributed by atoms with Crippen molar-refractivity contribution in [2.45, 2.75) is 6.42 Å². The summed E-state index contributed by atoms with van der Waals surface area (Å²) in [4.78, 5) is 10.8. The van der Waals surface area contributed by atoms with Gasteiger partial charge in [-0.2, -0.15) is 0 Å². The Morgan fingerprint density at radius 1 is 1.20 bits per heavy atom. The van der Waals surface area contributed by atoms with Gasteiger partial charge < -0.3 is 11.1 Å². The lowest BCUT2D eigenvalue weighted by Gasteiger charge is -2.01. The van der Waals surface area contributed by atoms with Crippen molar-refractivity contribution in [2.24, 2.45) is 5.73 Å². The maximum atomic E-state index is 10.8. The molecule has 0 aromatic heterocycles. The van der Waals surface area contributed by atoms with Crippen LogP contribution in [0.2, 0.25) is 0 Å². The molecule has 0 bridgehead atoms. The van der Waals surface area contributed by atoms with Crippen LogP contribution in [0.1, 0.15) is 6.42 Å². The molecule has 1 amide bonds. The van der Waals surface area contributed by atoms with Gasteiger partial charge in [-0.15, -0.1) is 0 Å². The van der Waals surface area contributed by atoms with E-state index in [1.54, 1.807) is 0 Å². The highest BCUT2D eigenvalue weighted by atomic mass is 16.1. The molecule has 0 saturated carbocycles. The van der Waals surface area contributed by atoms with Crippen molar-refractivity contribution in [3.05, 3.63) is 46.5 Å². The minimum Gasteiger partial charge on any atom is -0.369 e. The molecule has 0 radical (unpaired) electrons. The van der Waals surface area contributed by atoms with Crippen LogP contribution in [0.15, 0.2) is 36.0 Å². The normalized spacial score (nSPS) is 13.5. The van der Waals surface area contributed by atoms with Crippen LogP contribution in [0.4, 0.5) is 0 Å². The fourth-order valence-electron chi connectivity index (χ4n) is 1.50. The van der Waals surface area contributed by atoms with Crippen LogP contribution in [-0.4, -0.2) is 5.91 Å². The number of primary amides is 1. The van der Waals surface area contributed by atoms with Gasteiger partial charge in [-0.1, -0.05) is 30.3 Å². The van der Waals surface area contributed by atoms with Gasteiger partial charge in [-0.3, -0.25) is 4.79 Å². The quantitative estimate of drug-likeness (QED) is 0.680. The Bertz CT molecular complexity index is 529. The third-order valence-corrected chi connectivity index (χ3v) is 2.24. The molecule has 1 aliphatic rings. The molecule has 2 rings (SSSR count). The maximum Gasteiger partial charge on any atom is 0.223 e. The number of allylic oxidation sites excluding steroid dienone is 1. The average molecular weight is 200 g/mol. The fraction of sp³-hybridized carbons (Fsp3) is 0.0833. The van der Waals surface area contributed by atoms with Crippen LogP contribution < -0.4 is 21.5 Å². The SMILES string of the molecule is NC(=O)CC1=CC=c2ccccc2=CN1. The van der Waals surface area contributed by atoms with E-state index in [1.165, 1.54) is 0 Å². The number of hydrogen-bond acceptors (Lipinski definition) is 2. The monoisotopic (exact) mass is 200 g/mol. The molecule has 0 aliphatic carbocycles. The first-order chi connectivity index (χ1) is 7.25. The fourth-order valence-corrected chi connectivity index (χ4v) is 1.50. The summed E-state index contributed by atoms with van der Waals surface area (Å²) in [5.74, 6) is -0.332. The van der Waals surface area contributed by atoms with Gasteiger partial charge in [0.1, 0.15) is 0 Å². The molecule has 0 spiro atoms. The van der Waals surface area contributed by atoms with Crippen LogP contribution in [-0.2, 0) is 4.79 Å². The van der Waals surface area contributed by atoms with Crippen molar-refractivity contribution in [2.75, 3.05) is 0 Å². The van der Waals surface area contributed by atoms with E-state index in [-0.39, 0.29) is 12.3 Å². The summed E-state index contributed by atoms with van der Waals surface area (Å²) in [6, 6.07) is 8.00. The Kier molecular flexibility index (Phi) is 2.54. The lowest BCUT2D eigenvalue weighted by Crippen LogP contribution is -2.25. The van der Waals surface area contributed by atoms with Crippen molar-refractivity contribution in [3.8, 4) is 0 Å². The minimum absolute atomic E-state index is 0.237. The number of fused-ring (bicyclic) bond motifs is 1.